The average Bonchev–Trinajstić information content (AvgIpc) is 3.32. The zero-order valence-corrected chi connectivity index (χ0v) is 21.2. The number of hydrazone groups is 1. The average molecular weight is 498 g/mol. The van der Waals surface area contributed by atoms with Crippen molar-refractivity contribution in [1.82, 2.24) is 20.2 Å². The quantitative estimate of drug-likeness (QED) is 0.188. The van der Waals surface area contributed by atoms with Gasteiger partial charge in [-0.1, -0.05) is 77.5 Å². The molecule has 1 N–H and O–H groups in total. The van der Waals surface area contributed by atoms with Crippen LogP contribution in [0.3, 0.4) is 0 Å². The minimum Gasteiger partial charge on any atom is -0.496 e. The van der Waals surface area contributed by atoms with Gasteiger partial charge in [0.1, 0.15) is 5.75 Å². The molecule has 0 fully saturated rings. The van der Waals surface area contributed by atoms with E-state index in [0.717, 1.165) is 34.0 Å². The fraction of sp³-hybridized carbons (Fsp3) is 0.143. The number of nitrogens with zero attached hydrogens (tertiary/aromatic N) is 4. The van der Waals surface area contributed by atoms with Crippen molar-refractivity contribution >= 4 is 30.0 Å². The molecule has 0 atom stereocenters. The minimum atomic E-state index is -0.239. The Balaban J connectivity index is 1.44. The molecule has 1 aromatic heterocycles. The summed E-state index contributed by atoms with van der Waals surface area (Å²) in [7, 11) is 1.63. The van der Waals surface area contributed by atoms with Gasteiger partial charge in [-0.15, -0.1) is 10.2 Å². The zero-order chi connectivity index (χ0) is 25.3. The number of methoxy groups -OCH3 is 1. The predicted molar refractivity (Wildman–Crippen MR) is 146 cm³/mol. The molecule has 0 aliphatic carbocycles. The summed E-state index contributed by atoms with van der Waals surface area (Å²) in [5, 5.41) is 13.4. The summed E-state index contributed by atoms with van der Waals surface area (Å²) in [6.07, 6.45) is 5.13. The molecule has 3 aromatic carbocycles. The van der Waals surface area contributed by atoms with E-state index in [1.807, 2.05) is 97.3 Å². The van der Waals surface area contributed by atoms with Crippen molar-refractivity contribution in [1.29, 1.82) is 0 Å². The first-order valence-electron chi connectivity index (χ1n) is 11.4. The van der Waals surface area contributed by atoms with Gasteiger partial charge in [0.15, 0.2) is 11.0 Å². The highest BCUT2D eigenvalue weighted by Gasteiger charge is 2.17. The van der Waals surface area contributed by atoms with Crippen LogP contribution in [0.25, 0.3) is 23.2 Å². The first-order chi connectivity index (χ1) is 17.5. The van der Waals surface area contributed by atoms with Crippen molar-refractivity contribution in [3.8, 4) is 22.8 Å². The molecule has 0 spiro atoms. The number of allylic oxidation sites excluding steroid dienone is 1. The van der Waals surface area contributed by atoms with E-state index in [9.17, 15) is 4.79 Å². The van der Waals surface area contributed by atoms with Gasteiger partial charge in [0.05, 0.1) is 12.9 Å². The summed E-state index contributed by atoms with van der Waals surface area (Å²) in [6.45, 7) is 4.09. The summed E-state index contributed by atoms with van der Waals surface area (Å²) in [5.41, 5.74) is 7.70. The molecule has 4 aromatic rings. The molecule has 1 heterocycles. The van der Waals surface area contributed by atoms with Gasteiger partial charge < -0.3 is 4.74 Å². The maximum atomic E-state index is 12.4. The number of hydrogen-bond donors (Lipinski definition) is 1. The largest absolute Gasteiger partial charge is 0.496 e. The second kappa shape index (κ2) is 12.0. The van der Waals surface area contributed by atoms with Crippen LogP contribution in [0.2, 0.25) is 0 Å². The summed E-state index contributed by atoms with van der Waals surface area (Å²) >= 11 is 1.31. The molecule has 0 unspecified atom stereocenters. The normalized spacial score (nSPS) is 11.3. The number of nitrogens with one attached hydrogen (secondary N) is 1. The van der Waals surface area contributed by atoms with E-state index in [1.54, 1.807) is 13.2 Å². The summed E-state index contributed by atoms with van der Waals surface area (Å²) < 4.78 is 7.29. The smallest absolute Gasteiger partial charge is 0.250 e. The van der Waals surface area contributed by atoms with Crippen molar-refractivity contribution in [3.05, 3.63) is 95.6 Å². The lowest BCUT2D eigenvalue weighted by Gasteiger charge is -2.11. The summed E-state index contributed by atoms with van der Waals surface area (Å²) in [4.78, 5) is 12.4. The summed E-state index contributed by atoms with van der Waals surface area (Å²) in [5.74, 6) is 1.40. The van der Waals surface area contributed by atoms with Crippen molar-refractivity contribution in [3.63, 3.8) is 0 Å². The summed E-state index contributed by atoms with van der Waals surface area (Å²) in [6, 6.07) is 23.9. The molecule has 1 amide bonds. The van der Waals surface area contributed by atoms with Gasteiger partial charge in [-0.2, -0.15) is 5.10 Å². The molecule has 0 aliphatic heterocycles. The second-order valence-electron chi connectivity index (χ2n) is 8.05. The lowest BCUT2D eigenvalue weighted by Crippen LogP contribution is -2.19. The van der Waals surface area contributed by atoms with Crippen molar-refractivity contribution < 1.29 is 9.53 Å². The third kappa shape index (κ3) is 6.28. The number of hydrogen-bond acceptors (Lipinski definition) is 6. The number of rotatable bonds is 9. The third-order valence-electron chi connectivity index (χ3n) is 5.33. The highest BCUT2D eigenvalue weighted by atomic mass is 32.2. The van der Waals surface area contributed by atoms with Crippen LogP contribution in [0.1, 0.15) is 16.7 Å². The van der Waals surface area contributed by atoms with Crippen LogP contribution < -0.4 is 10.2 Å². The van der Waals surface area contributed by atoms with E-state index < -0.39 is 0 Å². The Morgan fingerprint density at radius 1 is 1.00 bits per heavy atom. The number of amides is 1. The zero-order valence-electron chi connectivity index (χ0n) is 20.4. The highest BCUT2D eigenvalue weighted by Crippen LogP contribution is 2.28. The van der Waals surface area contributed by atoms with Gasteiger partial charge in [0.2, 0.25) is 0 Å². The van der Waals surface area contributed by atoms with Crippen molar-refractivity contribution in [2.75, 3.05) is 12.9 Å². The number of aromatic nitrogens is 3. The Labute approximate surface area is 214 Å². The Morgan fingerprint density at radius 3 is 2.42 bits per heavy atom. The molecule has 4 rings (SSSR count). The number of benzene rings is 3. The van der Waals surface area contributed by atoms with Gasteiger partial charge >= 0.3 is 0 Å². The second-order valence-corrected chi connectivity index (χ2v) is 8.99. The monoisotopic (exact) mass is 497 g/mol. The molecule has 8 heteroatoms. The van der Waals surface area contributed by atoms with E-state index >= 15 is 0 Å². The number of para-hydroxylation sites is 1. The number of aryl methyl sites for hydroxylation is 2. The first-order valence-corrected chi connectivity index (χ1v) is 12.4. The van der Waals surface area contributed by atoms with Gasteiger partial charge in [0, 0.05) is 23.0 Å². The lowest BCUT2D eigenvalue weighted by atomic mass is 10.1. The molecule has 36 heavy (non-hydrogen) atoms. The first kappa shape index (κ1) is 24.9. The molecule has 0 saturated carbocycles. The molecule has 0 radical (unpaired) electrons. The maximum Gasteiger partial charge on any atom is 0.250 e. The molecular formula is C28H27N5O2S. The molecule has 7 nitrogen and oxygen atoms in total. The van der Waals surface area contributed by atoms with E-state index in [1.165, 1.54) is 23.5 Å². The van der Waals surface area contributed by atoms with Gasteiger partial charge in [-0.3, -0.25) is 9.36 Å². The maximum absolute atomic E-state index is 12.4. The number of thioether (sulfide) groups is 1. The SMILES string of the molecule is COc1ccccc1/C=C/C=N\NC(=O)CSc1nnc(-c2ccc(C)cc2)n1-c1ccc(C)cc1. The van der Waals surface area contributed by atoms with Crippen molar-refractivity contribution in [2.45, 2.75) is 19.0 Å². The lowest BCUT2D eigenvalue weighted by molar-refractivity contribution is -0.118. The Bertz CT molecular complexity index is 1380. The van der Waals surface area contributed by atoms with E-state index in [0.29, 0.717) is 5.16 Å². The van der Waals surface area contributed by atoms with Gasteiger partial charge in [-0.05, 0) is 44.2 Å². The molecule has 0 bridgehead atoms. The number of carbonyl (C=O) groups is 1. The Kier molecular flexibility index (Phi) is 8.31. The fourth-order valence-electron chi connectivity index (χ4n) is 3.45. The van der Waals surface area contributed by atoms with Crippen LogP contribution in [-0.2, 0) is 4.79 Å². The minimum absolute atomic E-state index is 0.144. The molecule has 0 saturated heterocycles. The Hall–Kier alpha value is -4.17. The number of ether oxygens (including phenoxy) is 1. The van der Waals surface area contributed by atoms with E-state index in [-0.39, 0.29) is 11.7 Å². The fourth-order valence-corrected chi connectivity index (χ4v) is 4.19. The van der Waals surface area contributed by atoms with Gasteiger partial charge in [0.25, 0.3) is 5.91 Å². The van der Waals surface area contributed by atoms with Gasteiger partial charge in [-0.25, -0.2) is 5.43 Å². The van der Waals surface area contributed by atoms with Crippen molar-refractivity contribution in [2.24, 2.45) is 5.10 Å². The van der Waals surface area contributed by atoms with Crippen LogP contribution in [0.4, 0.5) is 0 Å². The topological polar surface area (TPSA) is 81.4 Å². The Morgan fingerprint density at radius 2 is 1.69 bits per heavy atom. The molecular weight excluding hydrogens is 470 g/mol. The van der Waals surface area contributed by atoms with Crippen LogP contribution >= 0.6 is 11.8 Å². The van der Waals surface area contributed by atoms with Crippen LogP contribution in [0.15, 0.2) is 89.1 Å². The standard InChI is InChI=1S/C28H27N5O2S/c1-20-10-14-23(15-11-20)27-31-32-28(33(27)24-16-12-21(2)13-17-24)36-19-26(34)30-29-18-6-8-22-7-4-5-9-25(22)35-3/h4-18H,19H2,1-3H3,(H,30,34)/b8-6+,29-18-. The van der Waals surface area contributed by atoms with Crippen LogP contribution in [0.5, 0.6) is 5.75 Å². The van der Waals surface area contributed by atoms with Crippen LogP contribution in [0, 0.1) is 13.8 Å². The third-order valence-corrected chi connectivity index (χ3v) is 6.26. The van der Waals surface area contributed by atoms with E-state index in [4.69, 9.17) is 4.74 Å². The van der Waals surface area contributed by atoms with E-state index in [2.05, 4.69) is 20.7 Å². The van der Waals surface area contributed by atoms with Crippen LogP contribution in [-0.4, -0.2) is 39.7 Å². The highest BCUT2D eigenvalue weighted by molar-refractivity contribution is 7.99. The predicted octanol–water partition coefficient (Wildman–Crippen LogP) is 5.47. The molecule has 0 aliphatic rings. The number of carbonyl (C=O) groups excluding carboxylic acids is 1. The molecule has 182 valence electrons.